The highest BCUT2D eigenvalue weighted by atomic mass is 79.9. The SMILES string of the molecule is CC(C)(C)OC(=O)C1C(C=C(Br)Br)C1(C)C. The van der Waals surface area contributed by atoms with Gasteiger partial charge in [-0.3, -0.25) is 4.79 Å². The molecular formula is C12H18Br2O2. The molecule has 2 atom stereocenters. The molecule has 4 heteroatoms. The number of esters is 1. The van der Waals surface area contributed by atoms with Crippen molar-refractivity contribution in [1.29, 1.82) is 0 Å². The molecule has 1 fully saturated rings. The standard InChI is InChI=1S/C12H18Br2O2/c1-11(2,3)16-10(15)9-7(6-8(13)14)12(9,4)5/h6-7,9H,1-5H3. The van der Waals surface area contributed by atoms with Gasteiger partial charge in [0.15, 0.2) is 0 Å². The van der Waals surface area contributed by atoms with Crippen LogP contribution in [0.3, 0.4) is 0 Å². The summed E-state index contributed by atoms with van der Waals surface area (Å²) >= 11 is 6.66. The van der Waals surface area contributed by atoms with Crippen molar-refractivity contribution >= 4 is 37.8 Å². The van der Waals surface area contributed by atoms with E-state index in [1.807, 2.05) is 26.8 Å². The van der Waals surface area contributed by atoms with Crippen molar-refractivity contribution in [2.45, 2.75) is 40.2 Å². The van der Waals surface area contributed by atoms with E-state index in [9.17, 15) is 4.79 Å². The lowest BCUT2D eigenvalue weighted by molar-refractivity contribution is -0.157. The Kier molecular flexibility index (Phi) is 3.96. The first-order valence-electron chi connectivity index (χ1n) is 5.31. The molecule has 0 amide bonds. The van der Waals surface area contributed by atoms with Gasteiger partial charge in [0.2, 0.25) is 0 Å². The summed E-state index contributed by atoms with van der Waals surface area (Å²) in [5.41, 5.74) is -0.412. The van der Waals surface area contributed by atoms with E-state index in [2.05, 4.69) is 45.7 Å². The highest BCUT2D eigenvalue weighted by Crippen LogP contribution is 2.60. The van der Waals surface area contributed by atoms with Crippen LogP contribution in [0.2, 0.25) is 0 Å². The van der Waals surface area contributed by atoms with Gasteiger partial charge < -0.3 is 4.74 Å². The highest BCUT2D eigenvalue weighted by Gasteiger charge is 2.61. The monoisotopic (exact) mass is 352 g/mol. The molecule has 0 bridgehead atoms. The van der Waals surface area contributed by atoms with Gasteiger partial charge in [0.1, 0.15) is 5.60 Å². The minimum Gasteiger partial charge on any atom is -0.460 e. The first-order valence-corrected chi connectivity index (χ1v) is 6.90. The van der Waals surface area contributed by atoms with Gasteiger partial charge in [0.05, 0.1) is 9.31 Å². The van der Waals surface area contributed by atoms with E-state index in [1.165, 1.54) is 0 Å². The predicted octanol–water partition coefficient (Wildman–Crippen LogP) is 4.23. The van der Waals surface area contributed by atoms with Crippen molar-refractivity contribution in [1.82, 2.24) is 0 Å². The van der Waals surface area contributed by atoms with E-state index in [0.717, 1.165) is 3.39 Å². The van der Waals surface area contributed by atoms with Gasteiger partial charge in [-0.05, 0) is 64.0 Å². The molecule has 1 rings (SSSR count). The van der Waals surface area contributed by atoms with Crippen molar-refractivity contribution in [3.05, 3.63) is 9.47 Å². The molecule has 0 aromatic carbocycles. The third-order valence-electron chi connectivity index (χ3n) is 2.88. The van der Waals surface area contributed by atoms with Crippen LogP contribution in [-0.4, -0.2) is 11.6 Å². The molecule has 0 saturated heterocycles. The lowest BCUT2D eigenvalue weighted by atomic mass is 10.1. The van der Waals surface area contributed by atoms with Crippen LogP contribution in [0, 0.1) is 17.3 Å². The molecule has 2 nitrogen and oxygen atoms in total. The zero-order valence-corrected chi connectivity index (χ0v) is 13.5. The predicted molar refractivity (Wildman–Crippen MR) is 72.5 cm³/mol. The number of rotatable bonds is 2. The van der Waals surface area contributed by atoms with Crippen LogP contribution in [0.5, 0.6) is 0 Å². The number of ether oxygens (including phenoxy) is 1. The maximum atomic E-state index is 11.9. The highest BCUT2D eigenvalue weighted by molar-refractivity contribution is 9.28. The first kappa shape index (κ1) is 14.2. The minimum atomic E-state index is -0.407. The fourth-order valence-electron chi connectivity index (χ4n) is 1.94. The third kappa shape index (κ3) is 3.33. The molecular weight excluding hydrogens is 336 g/mol. The molecule has 0 radical (unpaired) electrons. The Bertz CT molecular complexity index is 322. The van der Waals surface area contributed by atoms with Crippen LogP contribution in [0.4, 0.5) is 0 Å². The molecule has 0 heterocycles. The largest absolute Gasteiger partial charge is 0.460 e. The summed E-state index contributed by atoms with van der Waals surface area (Å²) in [5, 5.41) is 0. The first-order chi connectivity index (χ1) is 7.05. The zero-order valence-electron chi connectivity index (χ0n) is 10.3. The average molecular weight is 354 g/mol. The second kappa shape index (κ2) is 4.45. The molecule has 0 spiro atoms. The summed E-state index contributed by atoms with van der Waals surface area (Å²) in [4.78, 5) is 11.9. The summed E-state index contributed by atoms with van der Waals surface area (Å²) < 4.78 is 6.30. The molecule has 0 aromatic heterocycles. The fraction of sp³-hybridized carbons (Fsp3) is 0.750. The quantitative estimate of drug-likeness (QED) is 0.694. The van der Waals surface area contributed by atoms with Crippen LogP contribution in [-0.2, 0) is 9.53 Å². The van der Waals surface area contributed by atoms with Gasteiger partial charge in [-0.1, -0.05) is 19.9 Å². The van der Waals surface area contributed by atoms with Gasteiger partial charge in [-0.2, -0.15) is 0 Å². The van der Waals surface area contributed by atoms with Gasteiger partial charge in [0.25, 0.3) is 0 Å². The average Bonchev–Trinajstić information content (AvgIpc) is 2.47. The van der Waals surface area contributed by atoms with Crippen LogP contribution in [0.1, 0.15) is 34.6 Å². The maximum absolute atomic E-state index is 11.9. The molecule has 1 aliphatic rings. The second-order valence-electron chi connectivity index (χ2n) is 5.81. The molecule has 1 saturated carbocycles. The fourth-order valence-corrected chi connectivity index (χ4v) is 2.51. The number of carbonyl (C=O) groups is 1. The van der Waals surface area contributed by atoms with Gasteiger partial charge in [-0.25, -0.2) is 0 Å². The molecule has 1 aliphatic carbocycles. The van der Waals surface area contributed by atoms with E-state index < -0.39 is 5.60 Å². The lowest BCUT2D eigenvalue weighted by Gasteiger charge is -2.19. The van der Waals surface area contributed by atoms with Gasteiger partial charge in [-0.15, -0.1) is 0 Å². The van der Waals surface area contributed by atoms with Crippen molar-refractivity contribution < 1.29 is 9.53 Å². The Labute approximate surface area is 114 Å². The van der Waals surface area contributed by atoms with Crippen molar-refractivity contribution in [3.63, 3.8) is 0 Å². The maximum Gasteiger partial charge on any atom is 0.310 e. The molecule has 0 aliphatic heterocycles. The molecule has 0 aromatic rings. The Balaban J connectivity index is 2.70. The number of carbonyl (C=O) groups excluding carboxylic acids is 1. The lowest BCUT2D eigenvalue weighted by Crippen LogP contribution is -2.26. The van der Waals surface area contributed by atoms with E-state index in [-0.39, 0.29) is 23.2 Å². The number of hydrogen-bond donors (Lipinski definition) is 0. The molecule has 0 N–H and O–H groups in total. The third-order valence-corrected chi connectivity index (χ3v) is 3.41. The van der Waals surface area contributed by atoms with E-state index in [1.54, 1.807) is 0 Å². The smallest absolute Gasteiger partial charge is 0.310 e. The van der Waals surface area contributed by atoms with E-state index in [4.69, 9.17) is 4.74 Å². The Hall–Kier alpha value is 0.170. The van der Waals surface area contributed by atoms with Crippen molar-refractivity contribution in [2.75, 3.05) is 0 Å². The van der Waals surface area contributed by atoms with E-state index >= 15 is 0 Å². The molecule has 2 unspecified atom stereocenters. The van der Waals surface area contributed by atoms with E-state index in [0.29, 0.717) is 0 Å². The summed E-state index contributed by atoms with van der Waals surface area (Å²) in [6.07, 6.45) is 2.02. The Morgan fingerprint density at radius 3 is 2.19 bits per heavy atom. The number of allylic oxidation sites excluding steroid dienone is 1. The molecule has 16 heavy (non-hydrogen) atoms. The van der Waals surface area contributed by atoms with Crippen LogP contribution in [0.15, 0.2) is 9.47 Å². The summed E-state index contributed by atoms with van der Waals surface area (Å²) in [5.74, 6) is 0.118. The Morgan fingerprint density at radius 1 is 1.31 bits per heavy atom. The van der Waals surface area contributed by atoms with Gasteiger partial charge >= 0.3 is 5.97 Å². The normalized spacial score (nSPS) is 27.2. The number of halogens is 2. The second-order valence-corrected chi connectivity index (χ2v) is 8.59. The molecule has 92 valence electrons. The van der Waals surface area contributed by atoms with Crippen LogP contribution in [0.25, 0.3) is 0 Å². The minimum absolute atomic E-state index is 0.00484. The van der Waals surface area contributed by atoms with Gasteiger partial charge in [0, 0.05) is 0 Å². The number of hydrogen-bond acceptors (Lipinski definition) is 2. The zero-order chi connectivity index (χ0) is 12.7. The summed E-state index contributed by atoms with van der Waals surface area (Å²) in [6, 6.07) is 0. The topological polar surface area (TPSA) is 26.3 Å². The van der Waals surface area contributed by atoms with Crippen LogP contribution < -0.4 is 0 Å². The summed E-state index contributed by atoms with van der Waals surface area (Å²) in [7, 11) is 0. The van der Waals surface area contributed by atoms with Crippen LogP contribution >= 0.6 is 31.9 Å². The summed E-state index contributed by atoms with van der Waals surface area (Å²) in [6.45, 7) is 9.86. The van der Waals surface area contributed by atoms with Crippen molar-refractivity contribution in [2.24, 2.45) is 17.3 Å². The van der Waals surface area contributed by atoms with Crippen molar-refractivity contribution in [3.8, 4) is 0 Å². The Morgan fingerprint density at radius 2 is 1.81 bits per heavy atom.